The summed E-state index contributed by atoms with van der Waals surface area (Å²) in [5.74, 6) is 12.1. The monoisotopic (exact) mass is 272 g/mol. The molecule has 1 rings (SSSR count). The number of aliphatic hydroxyl groups excluding tert-OH is 1. The highest BCUT2D eigenvalue weighted by Gasteiger charge is 1.94. The quantitative estimate of drug-likeness (QED) is 0.638. The molecule has 1 aromatic carbocycles. The first-order valence-electron chi connectivity index (χ1n) is 6.60. The van der Waals surface area contributed by atoms with Crippen LogP contribution in [0, 0.1) is 23.7 Å². The maximum atomic E-state index is 8.44. The van der Waals surface area contributed by atoms with E-state index in [1.54, 1.807) is 7.11 Å². The van der Waals surface area contributed by atoms with Crippen molar-refractivity contribution in [3.8, 4) is 29.4 Å². The number of unbranched alkanes of at least 4 members (excludes halogenated alkanes) is 1. The lowest BCUT2D eigenvalue weighted by Crippen LogP contribution is -1.95. The van der Waals surface area contributed by atoms with Crippen molar-refractivity contribution in [2.24, 2.45) is 0 Å². The van der Waals surface area contributed by atoms with Crippen molar-refractivity contribution in [3.05, 3.63) is 29.8 Å². The Kier molecular flexibility index (Phi) is 8.81. The second kappa shape index (κ2) is 10.9. The average molecular weight is 272 g/mol. The largest absolute Gasteiger partial charge is 0.497 e. The molecule has 0 aromatic heterocycles. The molecule has 0 saturated carbocycles. The van der Waals surface area contributed by atoms with E-state index in [9.17, 15) is 0 Å². The molecule has 0 aliphatic carbocycles. The van der Waals surface area contributed by atoms with Crippen LogP contribution < -0.4 is 4.74 Å². The Morgan fingerprint density at radius 3 is 2.50 bits per heavy atom. The topological polar surface area (TPSA) is 38.7 Å². The van der Waals surface area contributed by atoms with Gasteiger partial charge in [-0.3, -0.25) is 0 Å². The zero-order valence-electron chi connectivity index (χ0n) is 11.8. The lowest BCUT2D eigenvalue weighted by atomic mass is 10.2. The van der Waals surface area contributed by atoms with Gasteiger partial charge in [-0.25, -0.2) is 0 Å². The van der Waals surface area contributed by atoms with E-state index in [-0.39, 0.29) is 6.61 Å². The van der Waals surface area contributed by atoms with Crippen molar-refractivity contribution in [3.63, 3.8) is 0 Å². The van der Waals surface area contributed by atoms with Crippen LogP contribution in [0.25, 0.3) is 0 Å². The van der Waals surface area contributed by atoms with Crippen LogP contribution in [-0.2, 0) is 11.3 Å². The molecule has 0 saturated heterocycles. The number of ether oxygens (including phenoxy) is 2. The Labute approximate surface area is 120 Å². The van der Waals surface area contributed by atoms with Crippen LogP contribution in [-0.4, -0.2) is 25.4 Å². The van der Waals surface area contributed by atoms with E-state index in [0.717, 1.165) is 24.2 Å². The van der Waals surface area contributed by atoms with Crippen molar-refractivity contribution < 1.29 is 14.6 Å². The number of hydrogen-bond donors (Lipinski definition) is 1. The molecule has 3 heteroatoms. The van der Waals surface area contributed by atoms with Gasteiger partial charge in [0.15, 0.2) is 0 Å². The first-order valence-corrected chi connectivity index (χ1v) is 6.60. The van der Waals surface area contributed by atoms with E-state index in [4.69, 9.17) is 14.6 Å². The van der Waals surface area contributed by atoms with Gasteiger partial charge in [0.1, 0.15) is 12.4 Å². The Hall–Kier alpha value is -1.94. The van der Waals surface area contributed by atoms with Crippen LogP contribution >= 0.6 is 0 Å². The molecule has 0 amide bonds. The van der Waals surface area contributed by atoms with Crippen LogP contribution in [0.4, 0.5) is 0 Å². The maximum Gasteiger partial charge on any atom is 0.118 e. The third-order valence-electron chi connectivity index (χ3n) is 2.52. The predicted molar refractivity (Wildman–Crippen MR) is 79.1 cm³/mol. The van der Waals surface area contributed by atoms with Gasteiger partial charge in [-0.15, -0.1) is 5.92 Å². The summed E-state index contributed by atoms with van der Waals surface area (Å²) in [7, 11) is 1.65. The van der Waals surface area contributed by atoms with Crippen molar-refractivity contribution in [2.75, 3.05) is 20.3 Å². The summed E-state index contributed by atoms with van der Waals surface area (Å²) in [6, 6.07) is 7.85. The summed E-state index contributed by atoms with van der Waals surface area (Å²) < 4.78 is 10.7. The predicted octanol–water partition coefficient (Wildman–Crippen LogP) is 2.38. The van der Waals surface area contributed by atoms with Gasteiger partial charge in [0.25, 0.3) is 0 Å². The average Bonchev–Trinajstić information content (AvgIpc) is 2.50. The molecule has 0 spiro atoms. The van der Waals surface area contributed by atoms with Crippen LogP contribution in [0.5, 0.6) is 5.75 Å². The van der Waals surface area contributed by atoms with Crippen LogP contribution in [0.2, 0.25) is 0 Å². The third kappa shape index (κ3) is 7.48. The second-order valence-corrected chi connectivity index (χ2v) is 4.05. The number of rotatable bonds is 6. The summed E-state index contributed by atoms with van der Waals surface area (Å²) in [6.45, 7) is 1.21. The first-order chi connectivity index (χ1) is 9.86. The number of aliphatic hydroxyl groups is 1. The fourth-order valence-electron chi connectivity index (χ4n) is 1.49. The summed E-state index contributed by atoms with van der Waals surface area (Å²) >= 11 is 0. The molecular weight excluding hydrogens is 252 g/mol. The molecule has 0 heterocycles. The van der Waals surface area contributed by atoms with Crippen molar-refractivity contribution >= 4 is 0 Å². The fourth-order valence-corrected chi connectivity index (χ4v) is 1.49. The van der Waals surface area contributed by atoms with Gasteiger partial charge in [0.2, 0.25) is 0 Å². The molecule has 0 aliphatic heterocycles. The number of benzene rings is 1. The second-order valence-electron chi connectivity index (χ2n) is 4.05. The summed E-state index contributed by atoms with van der Waals surface area (Å²) in [5, 5.41) is 8.44. The van der Waals surface area contributed by atoms with E-state index in [2.05, 4.69) is 23.7 Å². The Morgan fingerprint density at radius 1 is 1.05 bits per heavy atom. The molecule has 20 heavy (non-hydrogen) atoms. The van der Waals surface area contributed by atoms with Gasteiger partial charge in [-0.1, -0.05) is 29.9 Å². The summed E-state index contributed by atoms with van der Waals surface area (Å²) in [5.41, 5.74) is 1.14. The van der Waals surface area contributed by atoms with Crippen LogP contribution in [0.1, 0.15) is 24.8 Å². The molecule has 3 nitrogen and oxygen atoms in total. The van der Waals surface area contributed by atoms with Gasteiger partial charge in [0, 0.05) is 13.0 Å². The van der Waals surface area contributed by atoms with Gasteiger partial charge in [-0.05, 0) is 24.1 Å². The highest BCUT2D eigenvalue weighted by molar-refractivity contribution is 5.26. The molecule has 1 aromatic rings. The van der Waals surface area contributed by atoms with Crippen LogP contribution in [0.3, 0.4) is 0 Å². The minimum atomic E-state index is -0.0963. The summed E-state index contributed by atoms with van der Waals surface area (Å²) in [4.78, 5) is 0. The molecular formula is C17H20O3. The third-order valence-corrected chi connectivity index (χ3v) is 2.52. The van der Waals surface area contributed by atoms with Crippen molar-refractivity contribution in [2.45, 2.75) is 25.9 Å². The van der Waals surface area contributed by atoms with Crippen molar-refractivity contribution in [1.29, 1.82) is 0 Å². The van der Waals surface area contributed by atoms with E-state index >= 15 is 0 Å². The molecule has 0 aliphatic rings. The SMILES string of the molecule is COc1ccc(COCCCC#CCC#CCO)cc1. The zero-order valence-corrected chi connectivity index (χ0v) is 11.8. The smallest absolute Gasteiger partial charge is 0.118 e. The van der Waals surface area contributed by atoms with Gasteiger partial charge >= 0.3 is 0 Å². The zero-order chi connectivity index (χ0) is 14.5. The minimum absolute atomic E-state index is 0.0963. The lowest BCUT2D eigenvalue weighted by molar-refractivity contribution is 0.119. The number of hydrogen-bond acceptors (Lipinski definition) is 3. The van der Waals surface area contributed by atoms with E-state index in [0.29, 0.717) is 19.6 Å². The van der Waals surface area contributed by atoms with Gasteiger partial charge in [0.05, 0.1) is 20.1 Å². The lowest BCUT2D eigenvalue weighted by Gasteiger charge is -2.04. The highest BCUT2D eigenvalue weighted by Crippen LogP contribution is 2.11. The van der Waals surface area contributed by atoms with E-state index in [1.165, 1.54) is 0 Å². The van der Waals surface area contributed by atoms with Crippen LogP contribution in [0.15, 0.2) is 24.3 Å². The standard InChI is InChI=1S/C17H20O3/c1-19-17-11-9-16(10-12-17)15-20-14-8-6-4-2-3-5-7-13-18/h9-12,18H,3,6,8,13-15H2,1H3. The molecule has 0 fully saturated rings. The number of methoxy groups -OCH3 is 1. The minimum Gasteiger partial charge on any atom is -0.497 e. The Bertz CT molecular complexity index is 483. The summed E-state index contributed by atoms with van der Waals surface area (Å²) in [6.07, 6.45) is 2.24. The molecule has 0 unspecified atom stereocenters. The molecule has 0 radical (unpaired) electrons. The van der Waals surface area contributed by atoms with Gasteiger partial charge in [-0.2, -0.15) is 0 Å². The molecule has 0 atom stereocenters. The Morgan fingerprint density at radius 2 is 1.80 bits per heavy atom. The molecule has 106 valence electrons. The fraction of sp³-hybridized carbons (Fsp3) is 0.412. The highest BCUT2D eigenvalue weighted by atomic mass is 16.5. The maximum absolute atomic E-state index is 8.44. The Balaban J connectivity index is 2.06. The van der Waals surface area contributed by atoms with E-state index in [1.807, 2.05) is 24.3 Å². The molecule has 0 bridgehead atoms. The van der Waals surface area contributed by atoms with Gasteiger partial charge < -0.3 is 14.6 Å². The van der Waals surface area contributed by atoms with E-state index < -0.39 is 0 Å². The molecule has 1 N–H and O–H groups in total. The normalized spacial score (nSPS) is 9.10. The van der Waals surface area contributed by atoms with Crippen molar-refractivity contribution in [1.82, 2.24) is 0 Å². The first kappa shape index (κ1) is 16.1.